The summed E-state index contributed by atoms with van der Waals surface area (Å²) in [5, 5.41) is 3.30. The molecule has 2 heteroatoms. The molecule has 1 aromatic heterocycles. The van der Waals surface area contributed by atoms with Crippen LogP contribution in [0.15, 0.2) is 41.0 Å². The molecule has 1 N–H and O–H groups in total. The lowest BCUT2D eigenvalue weighted by Crippen LogP contribution is -2.11. The van der Waals surface area contributed by atoms with Gasteiger partial charge in [0.05, 0.1) is 12.8 Å². The van der Waals surface area contributed by atoms with Crippen molar-refractivity contribution in [2.45, 2.75) is 33.7 Å². The van der Waals surface area contributed by atoms with Crippen molar-refractivity contribution >= 4 is 0 Å². The fourth-order valence-corrected chi connectivity index (χ4v) is 2.27. The monoisotopic (exact) mass is 257 g/mol. The van der Waals surface area contributed by atoms with Crippen LogP contribution >= 0.6 is 0 Å². The van der Waals surface area contributed by atoms with E-state index in [2.05, 4.69) is 50.4 Å². The van der Waals surface area contributed by atoms with Crippen LogP contribution in [0.5, 0.6) is 0 Å². The van der Waals surface area contributed by atoms with E-state index in [4.69, 9.17) is 4.42 Å². The van der Waals surface area contributed by atoms with Crippen LogP contribution in [0.4, 0.5) is 0 Å². The van der Waals surface area contributed by atoms with Crippen LogP contribution < -0.4 is 5.32 Å². The zero-order valence-corrected chi connectivity index (χ0v) is 12.1. The Labute approximate surface area is 115 Å². The fourth-order valence-electron chi connectivity index (χ4n) is 2.27. The van der Waals surface area contributed by atoms with Crippen molar-refractivity contribution in [2.24, 2.45) is 5.92 Å². The Balaban J connectivity index is 2.15. The van der Waals surface area contributed by atoms with E-state index in [1.807, 2.05) is 6.07 Å². The summed E-state index contributed by atoms with van der Waals surface area (Å²) in [5.41, 5.74) is 3.82. The summed E-state index contributed by atoms with van der Waals surface area (Å²) >= 11 is 0. The first-order valence-corrected chi connectivity index (χ1v) is 7.07. The SMILES string of the molecule is CCNCc1occc1-c1ccc(CC(C)C)cc1. The van der Waals surface area contributed by atoms with E-state index in [1.54, 1.807) is 6.26 Å². The van der Waals surface area contributed by atoms with Crippen LogP contribution in [-0.4, -0.2) is 6.54 Å². The predicted molar refractivity (Wildman–Crippen MR) is 80.1 cm³/mol. The second-order valence-electron chi connectivity index (χ2n) is 5.33. The molecule has 102 valence electrons. The smallest absolute Gasteiger partial charge is 0.125 e. The molecule has 0 saturated heterocycles. The summed E-state index contributed by atoms with van der Waals surface area (Å²) in [6, 6.07) is 10.9. The molecule has 0 atom stereocenters. The third-order valence-electron chi connectivity index (χ3n) is 3.19. The van der Waals surface area contributed by atoms with E-state index in [0.717, 1.165) is 25.3 Å². The maximum atomic E-state index is 5.55. The van der Waals surface area contributed by atoms with Crippen LogP contribution in [0.3, 0.4) is 0 Å². The van der Waals surface area contributed by atoms with Crippen molar-refractivity contribution in [1.82, 2.24) is 5.32 Å². The van der Waals surface area contributed by atoms with Gasteiger partial charge in [0, 0.05) is 5.56 Å². The third-order valence-corrected chi connectivity index (χ3v) is 3.19. The Morgan fingerprint density at radius 1 is 1.11 bits per heavy atom. The van der Waals surface area contributed by atoms with E-state index in [9.17, 15) is 0 Å². The van der Waals surface area contributed by atoms with Crippen LogP contribution in [-0.2, 0) is 13.0 Å². The van der Waals surface area contributed by atoms with Gasteiger partial charge in [0.2, 0.25) is 0 Å². The van der Waals surface area contributed by atoms with E-state index >= 15 is 0 Å². The standard InChI is InChI=1S/C17H23NO/c1-4-18-12-17-16(9-10-19-17)15-7-5-14(6-8-15)11-13(2)3/h5-10,13,18H,4,11-12H2,1-3H3. The van der Waals surface area contributed by atoms with Crippen LogP contribution in [0.1, 0.15) is 32.1 Å². The molecule has 0 aliphatic carbocycles. The number of hydrogen-bond donors (Lipinski definition) is 1. The highest BCUT2D eigenvalue weighted by Crippen LogP contribution is 2.25. The summed E-state index contributed by atoms with van der Waals surface area (Å²) < 4.78 is 5.55. The van der Waals surface area contributed by atoms with Crippen LogP contribution in [0.25, 0.3) is 11.1 Å². The largest absolute Gasteiger partial charge is 0.467 e. The lowest BCUT2D eigenvalue weighted by molar-refractivity contribution is 0.489. The number of nitrogens with one attached hydrogen (secondary N) is 1. The van der Waals surface area contributed by atoms with Crippen molar-refractivity contribution in [3.05, 3.63) is 47.9 Å². The van der Waals surface area contributed by atoms with Crippen molar-refractivity contribution in [3.8, 4) is 11.1 Å². The average molecular weight is 257 g/mol. The van der Waals surface area contributed by atoms with Gasteiger partial charge in [-0.3, -0.25) is 0 Å². The average Bonchev–Trinajstić information content (AvgIpc) is 2.85. The topological polar surface area (TPSA) is 25.2 Å². The van der Waals surface area contributed by atoms with Gasteiger partial charge in [0.25, 0.3) is 0 Å². The summed E-state index contributed by atoms with van der Waals surface area (Å²) in [5.74, 6) is 1.71. The van der Waals surface area contributed by atoms with Gasteiger partial charge in [-0.25, -0.2) is 0 Å². The molecule has 2 rings (SSSR count). The predicted octanol–water partition coefficient (Wildman–Crippen LogP) is 4.25. The van der Waals surface area contributed by atoms with Gasteiger partial charge >= 0.3 is 0 Å². The number of hydrogen-bond acceptors (Lipinski definition) is 2. The number of rotatable bonds is 6. The summed E-state index contributed by atoms with van der Waals surface area (Å²) in [6.45, 7) is 8.33. The molecule has 0 aliphatic rings. The van der Waals surface area contributed by atoms with Gasteiger partial charge in [0.15, 0.2) is 0 Å². The minimum absolute atomic E-state index is 0.698. The Kier molecular flexibility index (Phi) is 4.80. The molecule has 1 aromatic carbocycles. The summed E-state index contributed by atoms with van der Waals surface area (Å²) in [7, 11) is 0. The molecular weight excluding hydrogens is 234 g/mol. The van der Waals surface area contributed by atoms with Gasteiger partial charge in [-0.05, 0) is 36.1 Å². The molecule has 1 heterocycles. The molecule has 19 heavy (non-hydrogen) atoms. The summed E-state index contributed by atoms with van der Waals surface area (Å²) in [4.78, 5) is 0. The van der Waals surface area contributed by atoms with Crippen molar-refractivity contribution < 1.29 is 4.42 Å². The Bertz CT molecular complexity index is 496. The molecule has 0 unspecified atom stereocenters. The number of furan rings is 1. The maximum Gasteiger partial charge on any atom is 0.125 e. The number of benzene rings is 1. The molecule has 0 bridgehead atoms. The Morgan fingerprint density at radius 2 is 1.84 bits per heavy atom. The van der Waals surface area contributed by atoms with E-state index in [1.165, 1.54) is 16.7 Å². The first-order chi connectivity index (χ1) is 9.20. The first kappa shape index (κ1) is 13.9. The highest BCUT2D eigenvalue weighted by molar-refractivity contribution is 5.65. The molecule has 0 fully saturated rings. The van der Waals surface area contributed by atoms with Crippen molar-refractivity contribution in [1.29, 1.82) is 0 Å². The Hall–Kier alpha value is -1.54. The molecule has 0 amide bonds. The van der Waals surface area contributed by atoms with Crippen molar-refractivity contribution in [3.63, 3.8) is 0 Å². The zero-order valence-electron chi connectivity index (χ0n) is 12.1. The molecular formula is C17H23NO. The lowest BCUT2D eigenvalue weighted by atomic mass is 9.99. The van der Waals surface area contributed by atoms with Crippen molar-refractivity contribution in [2.75, 3.05) is 6.54 Å². The molecule has 0 saturated carbocycles. The quantitative estimate of drug-likeness (QED) is 0.836. The Morgan fingerprint density at radius 3 is 2.47 bits per heavy atom. The van der Waals surface area contributed by atoms with Crippen LogP contribution in [0, 0.1) is 5.92 Å². The van der Waals surface area contributed by atoms with Crippen LogP contribution in [0.2, 0.25) is 0 Å². The van der Waals surface area contributed by atoms with Gasteiger partial charge < -0.3 is 9.73 Å². The van der Waals surface area contributed by atoms with Gasteiger partial charge in [-0.2, -0.15) is 0 Å². The molecule has 0 aliphatic heterocycles. The van der Waals surface area contributed by atoms with Gasteiger partial charge in [0.1, 0.15) is 5.76 Å². The van der Waals surface area contributed by atoms with Gasteiger partial charge in [-0.15, -0.1) is 0 Å². The summed E-state index contributed by atoms with van der Waals surface area (Å²) in [6.07, 6.45) is 2.90. The third kappa shape index (κ3) is 3.71. The highest BCUT2D eigenvalue weighted by atomic mass is 16.3. The first-order valence-electron chi connectivity index (χ1n) is 7.07. The molecule has 0 spiro atoms. The van der Waals surface area contributed by atoms with E-state index in [-0.39, 0.29) is 0 Å². The maximum absolute atomic E-state index is 5.55. The fraction of sp³-hybridized carbons (Fsp3) is 0.412. The minimum atomic E-state index is 0.698. The van der Waals surface area contributed by atoms with Gasteiger partial charge in [-0.1, -0.05) is 45.0 Å². The molecule has 2 aromatic rings. The van der Waals surface area contributed by atoms with E-state index < -0.39 is 0 Å². The molecule has 0 radical (unpaired) electrons. The second kappa shape index (κ2) is 6.58. The minimum Gasteiger partial charge on any atom is -0.467 e. The normalized spacial score (nSPS) is 11.2. The lowest BCUT2D eigenvalue weighted by Gasteiger charge is -2.07. The zero-order chi connectivity index (χ0) is 13.7. The molecule has 2 nitrogen and oxygen atoms in total. The highest BCUT2D eigenvalue weighted by Gasteiger charge is 2.08. The van der Waals surface area contributed by atoms with E-state index in [0.29, 0.717) is 5.92 Å². The second-order valence-corrected chi connectivity index (χ2v) is 5.33.